The first-order valence-electron chi connectivity index (χ1n) is 11.3. The predicted molar refractivity (Wildman–Crippen MR) is 129 cm³/mol. The summed E-state index contributed by atoms with van der Waals surface area (Å²) >= 11 is 0. The third-order valence-corrected chi connectivity index (χ3v) is 5.67. The summed E-state index contributed by atoms with van der Waals surface area (Å²) in [6.07, 6.45) is 4.04. The molecule has 0 fully saturated rings. The Balaban J connectivity index is 1.54. The first kappa shape index (κ1) is 23.8. The molecular formula is C25H25FN6O3. The Morgan fingerprint density at radius 1 is 0.971 bits per heavy atom. The highest BCUT2D eigenvalue weighted by atomic mass is 19.1. The van der Waals surface area contributed by atoms with Crippen LogP contribution in [0.4, 0.5) is 4.39 Å². The molecule has 180 valence electrons. The van der Waals surface area contributed by atoms with Gasteiger partial charge in [0.2, 0.25) is 0 Å². The van der Waals surface area contributed by atoms with Crippen molar-refractivity contribution in [1.29, 1.82) is 0 Å². The third-order valence-electron chi connectivity index (χ3n) is 5.67. The van der Waals surface area contributed by atoms with Gasteiger partial charge < -0.3 is 0 Å². The van der Waals surface area contributed by atoms with E-state index in [-0.39, 0.29) is 22.6 Å². The fraction of sp³-hybridized carbons (Fsp3) is 0.240. The van der Waals surface area contributed by atoms with E-state index in [2.05, 4.69) is 28.0 Å². The number of nitrogens with one attached hydrogen (secondary N) is 2. The van der Waals surface area contributed by atoms with Crippen molar-refractivity contribution in [2.45, 2.75) is 39.7 Å². The topological polar surface area (TPSA) is 111 Å². The number of hydrazine groups is 1. The maximum Gasteiger partial charge on any atom is 0.290 e. The summed E-state index contributed by atoms with van der Waals surface area (Å²) in [6.45, 7) is 4.14. The highest BCUT2D eigenvalue weighted by molar-refractivity contribution is 6.06. The average molecular weight is 477 g/mol. The van der Waals surface area contributed by atoms with Crippen molar-refractivity contribution in [3.05, 3.63) is 87.9 Å². The largest absolute Gasteiger partial charge is 0.290 e. The summed E-state index contributed by atoms with van der Waals surface area (Å²) in [5.41, 5.74) is 5.88. The van der Waals surface area contributed by atoms with Gasteiger partial charge in [0, 0.05) is 11.9 Å². The fourth-order valence-electron chi connectivity index (χ4n) is 3.78. The number of carbonyl (C=O) groups is 2. The predicted octanol–water partition coefficient (Wildman–Crippen LogP) is 3.29. The van der Waals surface area contributed by atoms with Crippen molar-refractivity contribution in [2.24, 2.45) is 0 Å². The summed E-state index contributed by atoms with van der Waals surface area (Å²) in [5.74, 6) is -1.61. The molecule has 0 bridgehead atoms. The monoisotopic (exact) mass is 476 g/mol. The van der Waals surface area contributed by atoms with Gasteiger partial charge in [0.25, 0.3) is 17.4 Å². The van der Waals surface area contributed by atoms with E-state index in [0.29, 0.717) is 28.7 Å². The van der Waals surface area contributed by atoms with Gasteiger partial charge in [0.05, 0.1) is 28.5 Å². The number of nitrogens with zero attached hydrogens (tertiary/aromatic N) is 4. The molecule has 2 amide bonds. The lowest BCUT2D eigenvalue weighted by Gasteiger charge is -2.12. The second kappa shape index (κ2) is 10.3. The molecule has 10 heteroatoms. The number of benzene rings is 2. The van der Waals surface area contributed by atoms with Gasteiger partial charge in [-0.2, -0.15) is 10.2 Å². The molecule has 0 aliphatic heterocycles. The van der Waals surface area contributed by atoms with Gasteiger partial charge in [-0.05, 0) is 43.7 Å². The summed E-state index contributed by atoms with van der Waals surface area (Å²) in [4.78, 5) is 38.5. The van der Waals surface area contributed by atoms with Crippen LogP contribution >= 0.6 is 0 Å². The van der Waals surface area contributed by atoms with E-state index in [4.69, 9.17) is 0 Å². The molecule has 0 aliphatic rings. The Morgan fingerprint density at radius 2 is 1.66 bits per heavy atom. The number of carbonyl (C=O) groups excluding carboxylic acids is 2. The molecule has 2 N–H and O–H groups in total. The van der Waals surface area contributed by atoms with Crippen molar-refractivity contribution < 1.29 is 14.0 Å². The number of aryl methyl sites for hydroxylation is 1. The lowest BCUT2D eigenvalue weighted by molar-refractivity contribution is 0.0843. The van der Waals surface area contributed by atoms with Gasteiger partial charge in [-0.25, -0.2) is 13.8 Å². The van der Waals surface area contributed by atoms with Crippen molar-refractivity contribution in [3.8, 4) is 5.69 Å². The molecule has 9 nitrogen and oxygen atoms in total. The van der Waals surface area contributed by atoms with E-state index in [1.165, 1.54) is 27.7 Å². The van der Waals surface area contributed by atoms with Gasteiger partial charge in [-0.1, -0.05) is 38.0 Å². The van der Waals surface area contributed by atoms with E-state index in [9.17, 15) is 18.8 Å². The zero-order chi connectivity index (χ0) is 24.9. The minimum absolute atomic E-state index is 0.0377. The molecule has 0 aliphatic carbocycles. The lowest BCUT2D eigenvalue weighted by atomic mass is 10.1. The third kappa shape index (κ3) is 4.96. The number of unbranched alkanes of at least 4 members (excludes halogenated alkanes) is 2. The van der Waals surface area contributed by atoms with E-state index in [1.807, 2.05) is 0 Å². The quantitative estimate of drug-likeness (QED) is 0.314. The molecule has 2 heterocycles. The summed E-state index contributed by atoms with van der Waals surface area (Å²) < 4.78 is 16.0. The zero-order valence-corrected chi connectivity index (χ0v) is 19.4. The van der Waals surface area contributed by atoms with Crippen LogP contribution in [0.2, 0.25) is 0 Å². The number of amides is 2. The van der Waals surface area contributed by atoms with E-state index in [1.54, 1.807) is 43.3 Å². The summed E-state index contributed by atoms with van der Waals surface area (Å²) in [5, 5.41) is 9.26. The number of hydrogen-bond donors (Lipinski definition) is 2. The normalized spacial score (nSPS) is 10.9. The van der Waals surface area contributed by atoms with E-state index < -0.39 is 11.8 Å². The first-order chi connectivity index (χ1) is 16.9. The van der Waals surface area contributed by atoms with Gasteiger partial charge in [-0.3, -0.25) is 25.2 Å². The number of aromatic nitrogens is 4. The first-order valence-corrected chi connectivity index (χ1v) is 11.3. The molecule has 4 aromatic rings. The highest BCUT2D eigenvalue weighted by Crippen LogP contribution is 2.16. The van der Waals surface area contributed by atoms with Crippen LogP contribution < -0.4 is 16.4 Å². The van der Waals surface area contributed by atoms with Crippen molar-refractivity contribution in [3.63, 3.8) is 0 Å². The molecule has 0 radical (unpaired) electrons. The van der Waals surface area contributed by atoms with Crippen LogP contribution in [0.3, 0.4) is 0 Å². The maximum atomic E-state index is 13.2. The molecule has 0 saturated heterocycles. The van der Waals surface area contributed by atoms with Crippen LogP contribution in [-0.4, -0.2) is 31.4 Å². The lowest BCUT2D eigenvalue weighted by Crippen LogP contribution is -2.43. The second-order valence-corrected chi connectivity index (χ2v) is 8.07. The van der Waals surface area contributed by atoms with Crippen LogP contribution in [0.15, 0.2) is 59.5 Å². The van der Waals surface area contributed by atoms with Crippen molar-refractivity contribution in [2.75, 3.05) is 0 Å². The Hall–Kier alpha value is -4.34. The fourth-order valence-corrected chi connectivity index (χ4v) is 3.78. The van der Waals surface area contributed by atoms with Crippen molar-refractivity contribution >= 4 is 22.6 Å². The molecule has 4 rings (SSSR count). The number of rotatable bonds is 7. The Labute approximate surface area is 200 Å². The number of fused-ring (bicyclic) bond motifs is 1. The second-order valence-electron chi connectivity index (χ2n) is 8.07. The maximum absolute atomic E-state index is 13.2. The average Bonchev–Trinajstić information content (AvgIpc) is 3.25. The van der Waals surface area contributed by atoms with Crippen LogP contribution in [0.25, 0.3) is 16.5 Å². The van der Waals surface area contributed by atoms with Gasteiger partial charge >= 0.3 is 0 Å². The Bertz CT molecular complexity index is 1440. The number of halogens is 1. The molecule has 2 aromatic carbocycles. The minimum atomic E-state index is -0.651. The highest BCUT2D eigenvalue weighted by Gasteiger charge is 2.19. The molecule has 2 aromatic heterocycles. The van der Waals surface area contributed by atoms with Crippen LogP contribution in [-0.2, 0) is 6.54 Å². The Morgan fingerprint density at radius 3 is 2.37 bits per heavy atom. The summed E-state index contributed by atoms with van der Waals surface area (Å²) in [6, 6.07) is 12.4. The number of hydrogen-bond acceptors (Lipinski definition) is 5. The van der Waals surface area contributed by atoms with Gasteiger partial charge in [0.15, 0.2) is 5.69 Å². The zero-order valence-electron chi connectivity index (χ0n) is 19.4. The molecule has 0 atom stereocenters. The standard InChI is InChI=1S/C25H25FN6O3/c1-3-4-7-14-31-25(35)20-9-6-5-8-19(20)22(30-31)24(34)29-28-23(33)21-15-27-32(16(21)2)18-12-10-17(26)11-13-18/h5-6,8-13,15H,3-4,7,14H2,1-2H3,(H,28,33)(H,29,34). The van der Waals surface area contributed by atoms with Crippen LogP contribution in [0.5, 0.6) is 0 Å². The Kier molecular flexibility index (Phi) is 7.00. The van der Waals surface area contributed by atoms with E-state index >= 15 is 0 Å². The van der Waals surface area contributed by atoms with Crippen LogP contribution in [0.1, 0.15) is 52.7 Å². The molecule has 0 spiro atoms. The molecule has 0 unspecified atom stereocenters. The minimum Gasteiger partial charge on any atom is -0.267 e. The van der Waals surface area contributed by atoms with Gasteiger partial charge in [0.1, 0.15) is 5.82 Å². The smallest absolute Gasteiger partial charge is 0.267 e. The SMILES string of the molecule is CCCCCn1nc(C(=O)NNC(=O)c2cnn(-c3ccc(F)cc3)c2C)c2ccccc2c1=O. The van der Waals surface area contributed by atoms with E-state index in [0.717, 1.165) is 19.3 Å². The van der Waals surface area contributed by atoms with Crippen LogP contribution in [0, 0.1) is 12.7 Å². The van der Waals surface area contributed by atoms with Gasteiger partial charge in [-0.15, -0.1) is 0 Å². The molecular weight excluding hydrogens is 451 g/mol. The molecule has 0 saturated carbocycles. The summed E-state index contributed by atoms with van der Waals surface area (Å²) in [7, 11) is 0. The molecule has 35 heavy (non-hydrogen) atoms. The van der Waals surface area contributed by atoms with Crippen molar-refractivity contribution in [1.82, 2.24) is 30.4 Å².